The summed E-state index contributed by atoms with van der Waals surface area (Å²) in [4.78, 5) is 0. The van der Waals surface area contributed by atoms with E-state index in [9.17, 15) is 22.0 Å². The topological polar surface area (TPSA) is 35.2 Å². The second-order valence-corrected chi connectivity index (χ2v) is 4.18. The summed E-state index contributed by atoms with van der Waals surface area (Å²) in [7, 11) is 0. The van der Waals surface area contributed by atoms with Crippen molar-refractivity contribution < 1.29 is 26.7 Å². The highest BCUT2D eigenvalue weighted by Gasteiger charge is 2.21. The lowest BCUT2D eigenvalue weighted by atomic mass is 10.1. The van der Waals surface area contributed by atoms with Gasteiger partial charge in [-0.25, -0.2) is 13.2 Å². The van der Waals surface area contributed by atoms with Gasteiger partial charge in [-0.2, -0.15) is 8.78 Å². The minimum atomic E-state index is -1.68. The third kappa shape index (κ3) is 2.97. The molecule has 0 spiro atoms. The number of benzene rings is 2. The lowest BCUT2D eigenvalue weighted by Crippen LogP contribution is -2.07. The summed E-state index contributed by atoms with van der Waals surface area (Å²) in [6.45, 7) is -0.673. The normalized spacial score (nSPS) is 10.8. The van der Waals surface area contributed by atoms with Crippen molar-refractivity contribution in [3.05, 3.63) is 64.5 Å². The molecule has 112 valence electrons. The molecular formula is C14H10F5NO. The molecule has 2 rings (SSSR count). The smallest absolute Gasteiger partial charge is 0.203 e. The van der Waals surface area contributed by atoms with Gasteiger partial charge in [0.25, 0.3) is 0 Å². The van der Waals surface area contributed by atoms with Crippen LogP contribution in [0.25, 0.3) is 0 Å². The molecule has 7 heteroatoms. The zero-order valence-electron chi connectivity index (χ0n) is 10.6. The molecule has 0 unspecified atom stereocenters. The Balaban J connectivity index is 2.29. The maximum atomic E-state index is 13.8. The van der Waals surface area contributed by atoms with E-state index in [-0.39, 0.29) is 23.7 Å². The minimum Gasteiger partial charge on any atom is -0.483 e. The molecule has 0 amide bonds. The van der Waals surface area contributed by atoms with Gasteiger partial charge < -0.3 is 10.5 Å². The van der Waals surface area contributed by atoms with Crippen molar-refractivity contribution in [2.24, 2.45) is 5.73 Å². The predicted molar refractivity (Wildman–Crippen MR) is 64.9 cm³/mol. The fraction of sp³-hybridized carbons (Fsp3) is 0.143. The Morgan fingerprint density at radius 3 is 2.00 bits per heavy atom. The van der Waals surface area contributed by atoms with Crippen molar-refractivity contribution in [1.82, 2.24) is 0 Å². The number of ether oxygens (including phenoxy) is 1. The number of halogens is 5. The summed E-state index contributed by atoms with van der Waals surface area (Å²) in [5.74, 6) is -8.48. The van der Waals surface area contributed by atoms with Crippen molar-refractivity contribution in [2.75, 3.05) is 0 Å². The zero-order valence-corrected chi connectivity index (χ0v) is 10.6. The Bertz CT molecular complexity index is 649. The van der Waals surface area contributed by atoms with Gasteiger partial charge in [-0.15, -0.1) is 0 Å². The second-order valence-electron chi connectivity index (χ2n) is 4.18. The van der Waals surface area contributed by atoms with E-state index in [2.05, 4.69) is 4.74 Å². The maximum absolute atomic E-state index is 13.8. The van der Waals surface area contributed by atoms with E-state index in [0.717, 1.165) is 0 Å². The molecule has 2 nitrogen and oxygen atoms in total. The summed E-state index contributed by atoms with van der Waals surface area (Å²) in [6.07, 6.45) is 0. The molecule has 0 aromatic heterocycles. The molecule has 21 heavy (non-hydrogen) atoms. The van der Waals surface area contributed by atoms with Gasteiger partial charge in [0.15, 0.2) is 17.4 Å². The van der Waals surface area contributed by atoms with E-state index in [1.54, 1.807) is 0 Å². The maximum Gasteiger partial charge on any atom is 0.203 e. The van der Waals surface area contributed by atoms with Gasteiger partial charge in [0.05, 0.1) is 0 Å². The van der Waals surface area contributed by atoms with Crippen molar-refractivity contribution >= 4 is 0 Å². The molecule has 0 saturated carbocycles. The van der Waals surface area contributed by atoms with Crippen LogP contribution < -0.4 is 10.5 Å². The van der Waals surface area contributed by atoms with Crippen LogP contribution in [0.5, 0.6) is 5.75 Å². The van der Waals surface area contributed by atoms with Crippen LogP contribution in [0.2, 0.25) is 0 Å². The molecule has 0 bridgehead atoms. The van der Waals surface area contributed by atoms with Crippen LogP contribution in [0, 0.1) is 29.1 Å². The van der Waals surface area contributed by atoms with Gasteiger partial charge in [0, 0.05) is 23.7 Å². The van der Waals surface area contributed by atoms with Crippen LogP contribution in [0.3, 0.4) is 0 Å². The standard InChI is InChI=1S/C14H10F5NO/c15-9-4-10(16)13(19)14(12(9)18)21-6-8-3-1-2-7(5-20)11(8)17/h1-4H,5-6,20H2. The lowest BCUT2D eigenvalue weighted by molar-refractivity contribution is 0.257. The molecule has 0 heterocycles. The number of hydrogen-bond acceptors (Lipinski definition) is 2. The van der Waals surface area contributed by atoms with E-state index >= 15 is 0 Å². The molecule has 2 aromatic rings. The molecule has 0 radical (unpaired) electrons. The van der Waals surface area contributed by atoms with Crippen molar-refractivity contribution in [2.45, 2.75) is 13.2 Å². The SMILES string of the molecule is NCc1cccc(COc2c(F)c(F)cc(F)c2F)c1F. The summed E-state index contributed by atoms with van der Waals surface area (Å²) in [5.41, 5.74) is 5.46. The molecule has 0 aliphatic rings. The first kappa shape index (κ1) is 15.2. The zero-order chi connectivity index (χ0) is 15.6. The third-order valence-electron chi connectivity index (χ3n) is 2.82. The lowest BCUT2D eigenvalue weighted by Gasteiger charge is -2.11. The van der Waals surface area contributed by atoms with Crippen LogP contribution in [-0.2, 0) is 13.2 Å². The number of rotatable bonds is 4. The van der Waals surface area contributed by atoms with Crippen molar-refractivity contribution in [3.8, 4) is 5.75 Å². The van der Waals surface area contributed by atoms with Gasteiger partial charge in [0.1, 0.15) is 12.4 Å². The van der Waals surface area contributed by atoms with Crippen LogP contribution in [0.15, 0.2) is 24.3 Å². The van der Waals surface area contributed by atoms with E-state index in [4.69, 9.17) is 5.73 Å². The monoisotopic (exact) mass is 303 g/mol. The highest BCUT2D eigenvalue weighted by atomic mass is 19.2. The van der Waals surface area contributed by atoms with Gasteiger partial charge >= 0.3 is 0 Å². The van der Waals surface area contributed by atoms with Crippen LogP contribution in [-0.4, -0.2) is 0 Å². The molecule has 0 fully saturated rings. The fourth-order valence-electron chi connectivity index (χ4n) is 1.73. The molecular weight excluding hydrogens is 293 g/mol. The first-order valence-corrected chi connectivity index (χ1v) is 5.87. The molecule has 0 atom stereocenters. The summed E-state index contributed by atoms with van der Waals surface area (Å²) in [6, 6.07) is 4.28. The molecule has 2 N–H and O–H groups in total. The Morgan fingerprint density at radius 2 is 1.43 bits per heavy atom. The highest BCUT2D eigenvalue weighted by molar-refractivity contribution is 5.30. The Hall–Kier alpha value is -2.15. The fourth-order valence-corrected chi connectivity index (χ4v) is 1.73. The average Bonchev–Trinajstić information content (AvgIpc) is 2.46. The first-order chi connectivity index (χ1) is 9.95. The average molecular weight is 303 g/mol. The summed E-state index contributed by atoms with van der Waals surface area (Å²) >= 11 is 0. The van der Waals surface area contributed by atoms with Gasteiger partial charge in [-0.3, -0.25) is 0 Å². The predicted octanol–water partition coefficient (Wildman–Crippen LogP) is 3.42. The molecule has 0 aliphatic heterocycles. The Labute approximate surface area is 116 Å². The quantitative estimate of drug-likeness (QED) is 0.694. The van der Waals surface area contributed by atoms with Crippen LogP contribution in [0.1, 0.15) is 11.1 Å². The van der Waals surface area contributed by atoms with E-state index in [1.807, 2.05) is 0 Å². The van der Waals surface area contributed by atoms with Crippen LogP contribution >= 0.6 is 0 Å². The van der Waals surface area contributed by atoms with Gasteiger partial charge in [0.2, 0.25) is 11.6 Å². The van der Waals surface area contributed by atoms with E-state index < -0.39 is 41.4 Å². The van der Waals surface area contributed by atoms with Gasteiger partial charge in [-0.05, 0) is 0 Å². The third-order valence-corrected chi connectivity index (χ3v) is 2.82. The molecule has 0 saturated heterocycles. The number of hydrogen-bond donors (Lipinski definition) is 1. The second kappa shape index (κ2) is 6.09. The summed E-state index contributed by atoms with van der Waals surface area (Å²) in [5, 5.41) is 0. The summed E-state index contributed by atoms with van der Waals surface area (Å²) < 4.78 is 71.2. The highest BCUT2D eigenvalue weighted by Crippen LogP contribution is 2.27. The van der Waals surface area contributed by atoms with Crippen LogP contribution in [0.4, 0.5) is 22.0 Å². The van der Waals surface area contributed by atoms with Gasteiger partial charge in [-0.1, -0.05) is 18.2 Å². The first-order valence-electron chi connectivity index (χ1n) is 5.87. The molecule has 0 aliphatic carbocycles. The van der Waals surface area contributed by atoms with E-state index in [0.29, 0.717) is 0 Å². The largest absolute Gasteiger partial charge is 0.483 e. The van der Waals surface area contributed by atoms with Crippen molar-refractivity contribution in [3.63, 3.8) is 0 Å². The van der Waals surface area contributed by atoms with E-state index in [1.165, 1.54) is 18.2 Å². The molecule has 2 aromatic carbocycles. The number of nitrogens with two attached hydrogens (primary N) is 1. The Kier molecular flexibility index (Phi) is 4.42. The minimum absolute atomic E-state index is 0.0404. The Morgan fingerprint density at radius 1 is 0.857 bits per heavy atom. The van der Waals surface area contributed by atoms with Crippen molar-refractivity contribution in [1.29, 1.82) is 0 Å².